The van der Waals surface area contributed by atoms with Gasteiger partial charge in [0.05, 0.1) is 34.8 Å². The number of ether oxygens (including phenoxy) is 1. The number of carbonyl (C=O) groups excluding carboxylic acids is 2. The summed E-state index contributed by atoms with van der Waals surface area (Å²) in [4.78, 5) is 24.4. The molecule has 162 valence electrons. The van der Waals surface area contributed by atoms with Crippen LogP contribution >= 0.6 is 0 Å². The minimum atomic E-state index is -0.613. The number of aromatic nitrogens is 2. The van der Waals surface area contributed by atoms with E-state index >= 15 is 0 Å². The Hall–Kier alpha value is -3.55. The van der Waals surface area contributed by atoms with Crippen LogP contribution in [0.4, 0.5) is 16.2 Å². The molecule has 1 fully saturated rings. The first-order chi connectivity index (χ1) is 14.8. The summed E-state index contributed by atoms with van der Waals surface area (Å²) in [5.74, 6) is 0.440. The van der Waals surface area contributed by atoms with Crippen LogP contribution in [0.5, 0.6) is 5.75 Å². The zero-order chi connectivity index (χ0) is 22.2. The number of nitrogens with one attached hydrogen (secondary N) is 2. The van der Waals surface area contributed by atoms with Gasteiger partial charge in [-0.2, -0.15) is 5.10 Å². The quantitative estimate of drug-likeness (QED) is 0.569. The van der Waals surface area contributed by atoms with E-state index in [-0.39, 0.29) is 11.5 Å². The van der Waals surface area contributed by atoms with Gasteiger partial charge in [-0.3, -0.25) is 10.1 Å². The molecule has 1 saturated carbocycles. The topological polar surface area (TPSA) is 111 Å². The Bertz CT molecular complexity index is 1120. The molecule has 0 radical (unpaired) electrons. The highest BCUT2D eigenvalue weighted by molar-refractivity contribution is 6.02. The van der Waals surface area contributed by atoms with E-state index in [1.54, 1.807) is 41.0 Å². The lowest BCUT2D eigenvalue weighted by atomic mass is 9.80. The Labute approximate surface area is 180 Å². The third-order valence-electron chi connectivity index (χ3n) is 6.48. The summed E-state index contributed by atoms with van der Waals surface area (Å²) in [6, 6.07) is 10.7. The minimum absolute atomic E-state index is 0.0579. The van der Waals surface area contributed by atoms with Crippen molar-refractivity contribution < 1.29 is 14.3 Å². The average molecular weight is 422 g/mol. The molecule has 4 rings (SSSR count). The van der Waals surface area contributed by atoms with Crippen LogP contribution in [0, 0.1) is 11.3 Å². The molecule has 1 aliphatic rings. The van der Waals surface area contributed by atoms with E-state index in [0.29, 0.717) is 34.1 Å². The van der Waals surface area contributed by atoms with Crippen LogP contribution in [0.25, 0.3) is 5.52 Å². The summed E-state index contributed by atoms with van der Waals surface area (Å²) in [6.45, 7) is 6.71. The molecule has 2 aromatic heterocycles. The molecule has 2 unspecified atom stereocenters. The Kier molecular flexibility index (Phi) is 5.31. The second-order valence-corrected chi connectivity index (χ2v) is 8.68. The third-order valence-corrected chi connectivity index (χ3v) is 6.48. The number of hydrogen-bond acceptors (Lipinski definition) is 5. The molecule has 0 saturated heterocycles. The zero-order valence-corrected chi connectivity index (χ0v) is 17.9. The van der Waals surface area contributed by atoms with Gasteiger partial charge < -0.3 is 15.8 Å². The predicted molar refractivity (Wildman–Crippen MR) is 119 cm³/mol. The lowest BCUT2D eigenvalue weighted by molar-refractivity contribution is 0.100. The van der Waals surface area contributed by atoms with E-state index in [9.17, 15) is 9.59 Å². The van der Waals surface area contributed by atoms with Gasteiger partial charge in [0.2, 0.25) is 0 Å². The number of amides is 2. The van der Waals surface area contributed by atoms with Crippen LogP contribution in [0.2, 0.25) is 0 Å². The molecule has 0 bridgehead atoms. The molecule has 8 nitrogen and oxygen atoms in total. The Balaban J connectivity index is 1.63. The molecular weight excluding hydrogens is 394 g/mol. The van der Waals surface area contributed by atoms with Gasteiger partial charge in [-0.15, -0.1) is 0 Å². The van der Waals surface area contributed by atoms with E-state index in [0.717, 1.165) is 12.8 Å². The largest absolute Gasteiger partial charge is 0.417 e. The predicted octanol–water partition coefficient (Wildman–Crippen LogP) is 4.28. The number of para-hydroxylation sites is 1. The monoisotopic (exact) mass is 421 g/mol. The van der Waals surface area contributed by atoms with Crippen molar-refractivity contribution in [2.75, 3.05) is 10.6 Å². The third kappa shape index (κ3) is 4.05. The number of nitrogens with two attached hydrogens (primary N) is 1. The first-order valence-electron chi connectivity index (χ1n) is 10.4. The summed E-state index contributed by atoms with van der Waals surface area (Å²) in [5.41, 5.74) is 7.78. The lowest BCUT2D eigenvalue weighted by Crippen LogP contribution is -2.35. The maximum absolute atomic E-state index is 12.3. The fraction of sp³-hybridized carbons (Fsp3) is 0.348. The van der Waals surface area contributed by atoms with Crippen LogP contribution in [0.15, 0.2) is 48.8 Å². The Morgan fingerprint density at radius 1 is 1.23 bits per heavy atom. The van der Waals surface area contributed by atoms with Gasteiger partial charge in [0.1, 0.15) is 5.75 Å². The minimum Gasteiger partial charge on any atom is -0.410 e. The van der Waals surface area contributed by atoms with Crippen molar-refractivity contribution in [3.8, 4) is 5.75 Å². The maximum atomic E-state index is 12.3. The van der Waals surface area contributed by atoms with Crippen LogP contribution in [0.1, 0.15) is 44.0 Å². The zero-order valence-electron chi connectivity index (χ0n) is 17.9. The maximum Gasteiger partial charge on any atom is 0.417 e. The molecule has 31 heavy (non-hydrogen) atoms. The van der Waals surface area contributed by atoms with E-state index < -0.39 is 12.0 Å². The summed E-state index contributed by atoms with van der Waals surface area (Å²) >= 11 is 0. The number of nitrogens with zero attached hydrogens (tertiary/aromatic N) is 2. The number of anilines is 2. The molecule has 3 aromatic rings. The summed E-state index contributed by atoms with van der Waals surface area (Å²) in [6.07, 6.45) is 4.61. The summed E-state index contributed by atoms with van der Waals surface area (Å²) < 4.78 is 6.89. The standard InChI is InChI=1S/C23H27N5O3/c1-14-9-10-19(23(14,2)3)27-20-17(21(24)29)12-25-28-13-15(11-18(20)28)26-22(30)31-16-7-5-4-6-8-16/h4-8,11-14,19,27H,9-10H2,1-3H3,(H2,24,29)(H,26,30). The smallest absolute Gasteiger partial charge is 0.410 e. The van der Waals surface area contributed by atoms with Crippen LogP contribution in [-0.2, 0) is 0 Å². The van der Waals surface area contributed by atoms with Crippen molar-refractivity contribution in [3.05, 3.63) is 54.4 Å². The van der Waals surface area contributed by atoms with Crippen molar-refractivity contribution in [3.63, 3.8) is 0 Å². The van der Waals surface area contributed by atoms with Gasteiger partial charge in [0, 0.05) is 6.04 Å². The molecule has 2 amide bonds. The Morgan fingerprint density at radius 2 is 1.97 bits per heavy atom. The summed E-state index contributed by atoms with van der Waals surface area (Å²) in [7, 11) is 0. The molecule has 2 atom stereocenters. The number of rotatable bonds is 5. The number of carbonyl (C=O) groups is 2. The molecule has 0 spiro atoms. The second-order valence-electron chi connectivity index (χ2n) is 8.68. The first kappa shape index (κ1) is 20.7. The number of fused-ring (bicyclic) bond motifs is 1. The number of benzene rings is 1. The SMILES string of the molecule is CC1CCC(Nc2c(C(N)=O)cnn3cc(NC(=O)Oc4ccccc4)cc23)C1(C)C. The van der Waals surface area contributed by atoms with E-state index in [1.807, 2.05) is 6.07 Å². The molecular formula is C23H27N5O3. The lowest BCUT2D eigenvalue weighted by Gasteiger charge is -2.33. The van der Waals surface area contributed by atoms with E-state index in [4.69, 9.17) is 10.5 Å². The highest BCUT2D eigenvalue weighted by Crippen LogP contribution is 2.44. The molecule has 8 heteroatoms. The van der Waals surface area contributed by atoms with E-state index in [1.165, 1.54) is 6.20 Å². The van der Waals surface area contributed by atoms with E-state index in [2.05, 4.69) is 36.5 Å². The molecule has 4 N–H and O–H groups in total. The van der Waals surface area contributed by atoms with Crippen molar-refractivity contribution in [2.24, 2.45) is 17.1 Å². The van der Waals surface area contributed by atoms with Gasteiger partial charge >= 0.3 is 6.09 Å². The Morgan fingerprint density at radius 3 is 2.61 bits per heavy atom. The highest BCUT2D eigenvalue weighted by Gasteiger charge is 2.41. The van der Waals surface area contributed by atoms with Gasteiger partial charge in [0.15, 0.2) is 0 Å². The van der Waals surface area contributed by atoms with Crippen molar-refractivity contribution in [2.45, 2.75) is 39.7 Å². The second kappa shape index (κ2) is 7.94. The van der Waals surface area contributed by atoms with Crippen molar-refractivity contribution >= 4 is 28.9 Å². The normalized spacial score (nSPS) is 19.8. The van der Waals surface area contributed by atoms with Gasteiger partial charge in [-0.05, 0) is 42.4 Å². The molecule has 1 aliphatic carbocycles. The average Bonchev–Trinajstić information content (AvgIpc) is 3.23. The van der Waals surface area contributed by atoms with Gasteiger partial charge in [-0.1, -0.05) is 39.0 Å². The van der Waals surface area contributed by atoms with Crippen LogP contribution in [0.3, 0.4) is 0 Å². The van der Waals surface area contributed by atoms with Crippen LogP contribution < -0.4 is 21.1 Å². The fourth-order valence-corrected chi connectivity index (χ4v) is 4.14. The first-order valence-corrected chi connectivity index (χ1v) is 10.4. The van der Waals surface area contributed by atoms with Crippen LogP contribution in [-0.4, -0.2) is 27.7 Å². The molecule has 1 aromatic carbocycles. The highest BCUT2D eigenvalue weighted by atomic mass is 16.6. The van der Waals surface area contributed by atoms with Crippen molar-refractivity contribution in [1.82, 2.24) is 9.61 Å². The fourth-order valence-electron chi connectivity index (χ4n) is 4.14. The van der Waals surface area contributed by atoms with Gasteiger partial charge in [0.25, 0.3) is 5.91 Å². The molecule has 2 heterocycles. The summed E-state index contributed by atoms with van der Waals surface area (Å²) in [5, 5.41) is 10.5. The molecule has 0 aliphatic heterocycles. The van der Waals surface area contributed by atoms with Crippen molar-refractivity contribution in [1.29, 1.82) is 0 Å². The number of hydrogen-bond donors (Lipinski definition) is 3. The number of primary amides is 1. The van der Waals surface area contributed by atoms with Gasteiger partial charge in [-0.25, -0.2) is 9.31 Å².